The normalized spacial score (nSPS) is 13.3. The van der Waals surface area contributed by atoms with Gasteiger partial charge in [0.2, 0.25) is 0 Å². The van der Waals surface area contributed by atoms with Crippen molar-refractivity contribution >= 4 is 24.6 Å². The molecular formula is C14H25FO12. The van der Waals surface area contributed by atoms with E-state index in [1.165, 1.54) is 21.3 Å². The van der Waals surface area contributed by atoms with Crippen molar-refractivity contribution in [3.05, 3.63) is 0 Å². The van der Waals surface area contributed by atoms with Crippen LogP contribution in [0.1, 0.15) is 13.8 Å². The second-order valence-corrected chi connectivity index (χ2v) is 3.84. The minimum atomic E-state index is -1.43. The number of methoxy groups -OCH3 is 3. The van der Waals surface area contributed by atoms with Crippen LogP contribution in [0.25, 0.3) is 0 Å². The molecule has 1 aliphatic heterocycles. The summed E-state index contributed by atoms with van der Waals surface area (Å²) in [5, 5.41) is 7.66. The monoisotopic (exact) mass is 404 g/mol. The summed E-state index contributed by atoms with van der Waals surface area (Å²) in [5.74, 6) is 0. The van der Waals surface area contributed by atoms with Crippen molar-refractivity contribution in [2.45, 2.75) is 20.0 Å². The maximum atomic E-state index is 11.0. The average molecular weight is 404 g/mol. The molecule has 1 aliphatic rings. The van der Waals surface area contributed by atoms with Gasteiger partial charge in [-0.3, -0.25) is 0 Å². The van der Waals surface area contributed by atoms with Gasteiger partial charge in [-0.1, -0.05) is 0 Å². The molecule has 1 heterocycles. The molecule has 160 valence electrons. The molecule has 1 saturated heterocycles. The molecule has 13 heteroatoms. The third kappa shape index (κ3) is 28.1. The number of ether oxygens (including phenoxy) is 7. The Kier molecular flexibility index (Phi) is 22.5. The highest BCUT2D eigenvalue weighted by molar-refractivity contribution is 5.61. The molecule has 0 aromatic rings. The van der Waals surface area contributed by atoms with Crippen molar-refractivity contribution in [2.24, 2.45) is 0 Å². The molecule has 1 unspecified atom stereocenters. The number of hydrogen-bond donors (Lipinski definition) is 1. The zero-order valence-electron chi connectivity index (χ0n) is 15.7. The fraction of sp³-hybridized carbons (Fsp3) is 0.714. The van der Waals surface area contributed by atoms with Crippen molar-refractivity contribution in [3.63, 3.8) is 0 Å². The van der Waals surface area contributed by atoms with E-state index in [0.29, 0.717) is 13.2 Å². The summed E-state index contributed by atoms with van der Waals surface area (Å²) in [6, 6.07) is 0. The second kappa shape index (κ2) is 21.1. The quantitative estimate of drug-likeness (QED) is 0.542. The third-order valence-electron chi connectivity index (χ3n) is 1.80. The molecule has 0 bridgehead atoms. The van der Waals surface area contributed by atoms with Gasteiger partial charge in [0.1, 0.15) is 26.0 Å². The SMILES string of the molecule is CC1COC(=O)O1.CCOC(=O)OC.COC(=O)OC.O=C(O)OCCF. The molecule has 0 aromatic carbocycles. The van der Waals surface area contributed by atoms with Crippen molar-refractivity contribution < 1.29 is 61.8 Å². The molecule has 1 atom stereocenters. The zero-order valence-corrected chi connectivity index (χ0v) is 15.7. The Labute approximate surface area is 155 Å². The molecule has 0 aliphatic carbocycles. The molecule has 0 amide bonds. The lowest BCUT2D eigenvalue weighted by Crippen LogP contribution is -2.02. The van der Waals surface area contributed by atoms with Gasteiger partial charge in [0.25, 0.3) is 0 Å². The van der Waals surface area contributed by atoms with Gasteiger partial charge in [0.15, 0.2) is 0 Å². The Morgan fingerprint density at radius 3 is 1.74 bits per heavy atom. The fourth-order valence-electron chi connectivity index (χ4n) is 0.804. The standard InChI is InChI=1S/C4H6O3.C4H8O3.C3H5FO3.C3H6O3/c1-3-2-6-4(5)7-3;1-3-7-4(5)6-2;4-1-2-7-3(5)6;1-5-3(4)6-2/h3H,2H2,1H3;3H2,1-2H3;1-2H2,(H,5,6);1-2H3. The van der Waals surface area contributed by atoms with Crippen LogP contribution < -0.4 is 0 Å². The average Bonchev–Trinajstić information content (AvgIpc) is 3.03. The molecule has 1 fully saturated rings. The number of carbonyl (C=O) groups is 4. The summed E-state index contributed by atoms with van der Waals surface area (Å²) in [6.45, 7) is 3.15. The predicted molar refractivity (Wildman–Crippen MR) is 85.3 cm³/mol. The minimum Gasteiger partial charge on any atom is -0.450 e. The number of carbonyl (C=O) groups excluding carboxylic acids is 3. The first-order valence-electron chi connectivity index (χ1n) is 7.26. The van der Waals surface area contributed by atoms with Gasteiger partial charge in [-0.2, -0.15) is 0 Å². The van der Waals surface area contributed by atoms with Gasteiger partial charge in [-0.25, -0.2) is 23.6 Å². The number of alkyl halides is 1. The van der Waals surface area contributed by atoms with Crippen LogP contribution in [0.4, 0.5) is 23.6 Å². The van der Waals surface area contributed by atoms with Crippen LogP contribution in [-0.4, -0.2) is 83.7 Å². The molecular weight excluding hydrogens is 379 g/mol. The molecule has 1 rings (SSSR count). The summed E-state index contributed by atoms with van der Waals surface area (Å²) >= 11 is 0. The summed E-state index contributed by atoms with van der Waals surface area (Å²) < 4.78 is 40.1. The van der Waals surface area contributed by atoms with Crippen LogP contribution in [0.3, 0.4) is 0 Å². The number of rotatable bonds is 3. The first-order chi connectivity index (χ1) is 12.7. The molecule has 0 spiro atoms. The van der Waals surface area contributed by atoms with Crippen LogP contribution in [0.2, 0.25) is 0 Å². The molecule has 1 N–H and O–H groups in total. The van der Waals surface area contributed by atoms with Crippen molar-refractivity contribution in [2.75, 3.05) is 47.8 Å². The van der Waals surface area contributed by atoms with E-state index in [1.807, 2.05) is 0 Å². The number of cyclic esters (lactones) is 2. The van der Waals surface area contributed by atoms with Gasteiger partial charge in [0, 0.05) is 0 Å². The van der Waals surface area contributed by atoms with E-state index in [-0.39, 0.29) is 12.7 Å². The van der Waals surface area contributed by atoms with Crippen molar-refractivity contribution in [3.8, 4) is 0 Å². The van der Waals surface area contributed by atoms with E-state index in [1.54, 1.807) is 13.8 Å². The summed E-state index contributed by atoms with van der Waals surface area (Å²) in [4.78, 5) is 39.1. The van der Waals surface area contributed by atoms with Crippen LogP contribution >= 0.6 is 0 Å². The highest BCUT2D eigenvalue weighted by Gasteiger charge is 2.19. The highest BCUT2D eigenvalue weighted by Crippen LogP contribution is 2.02. The Hall–Kier alpha value is -2.99. The summed E-state index contributed by atoms with van der Waals surface area (Å²) in [5.41, 5.74) is 0. The van der Waals surface area contributed by atoms with Gasteiger partial charge >= 0.3 is 24.6 Å². The van der Waals surface area contributed by atoms with Crippen LogP contribution in [0.15, 0.2) is 0 Å². The maximum absolute atomic E-state index is 11.0. The minimum absolute atomic E-state index is 0.0486. The Morgan fingerprint density at radius 1 is 1.11 bits per heavy atom. The molecule has 0 radical (unpaired) electrons. The van der Waals surface area contributed by atoms with Gasteiger partial charge in [0.05, 0.1) is 27.9 Å². The number of halogens is 1. The van der Waals surface area contributed by atoms with E-state index in [9.17, 15) is 23.6 Å². The number of carboxylic acid groups (broad SMARTS) is 1. The first kappa shape index (κ1) is 28.8. The Balaban J connectivity index is -0.000000285. The third-order valence-corrected chi connectivity index (χ3v) is 1.80. The van der Waals surface area contributed by atoms with Crippen LogP contribution in [0.5, 0.6) is 0 Å². The number of hydrogen-bond acceptors (Lipinski definition) is 11. The topological polar surface area (TPSA) is 153 Å². The second-order valence-electron chi connectivity index (χ2n) is 3.84. The lowest BCUT2D eigenvalue weighted by molar-refractivity contribution is 0.0769. The van der Waals surface area contributed by atoms with E-state index in [4.69, 9.17) is 5.11 Å². The lowest BCUT2D eigenvalue weighted by atomic mass is 10.5. The van der Waals surface area contributed by atoms with Crippen molar-refractivity contribution in [1.82, 2.24) is 0 Å². The van der Waals surface area contributed by atoms with Gasteiger partial charge in [-0.15, -0.1) is 0 Å². The zero-order chi connectivity index (χ0) is 21.7. The molecule has 27 heavy (non-hydrogen) atoms. The Morgan fingerprint density at radius 2 is 1.63 bits per heavy atom. The smallest absolute Gasteiger partial charge is 0.450 e. The highest BCUT2D eigenvalue weighted by atomic mass is 19.1. The molecule has 0 saturated carbocycles. The first-order valence-corrected chi connectivity index (χ1v) is 7.26. The maximum Gasteiger partial charge on any atom is 0.508 e. The van der Waals surface area contributed by atoms with E-state index >= 15 is 0 Å². The lowest BCUT2D eigenvalue weighted by Gasteiger charge is -1.94. The molecule has 12 nitrogen and oxygen atoms in total. The van der Waals surface area contributed by atoms with Crippen LogP contribution in [-0.2, 0) is 33.2 Å². The summed E-state index contributed by atoms with van der Waals surface area (Å²) in [6.07, 6.45) is -3.31. The van der Waals surface area contributed by atoms with Gasteiger partial charge < -0.3 is 38.3 Å². The van der Waals surface area contributed by atoms with E-state index in [2.05, 4.69) is 33.2 Å². The predicted octanol–water partition coefficient (Wildman–Crippen LogP) is 2.38. The van der Waals surface area contributed by atoms with Crippen molar-refractivity contribution in [1.29, 1.82) is 0 Å². The van der Waals surface area contributed by atoms with Crippen LogP contribution in [0, 0.1) is 0 Å². The van der Waals surface area contributed by atoms with E-state index < -0.39 is 31.3 Å². The largest absolute Gasteiger partial charge is 0.508 e. The molecule has 0 aromatic heterocycles. The van der Waals surface area contributed by atoms with Gasteiger partial charge in [-0.05, 0) is 13.8 Å². The Bertz CT molecular complexity index is 403. The van der Waals surface area contributed by atoms with E-state index in [0.717, 1.165) is 0 Å². The fourth-order valence-corrected chi connectivity index (χ4v) is 0.804. The summed E-state index contributed by atoms with van der Waals surface area (Å²) in [7, 11) is 3.79.